The first-order valence-electron chi connectivity index (χ1n) is 12.9. The van der Waals surface area contributed by atoms with Crippen molar-refractivity contribution in [3.63, 3.8) is 0 Å². The maximum atomic E-state index is 13.2. The van der Waals surface area contributed by atoms with Crippen LogP contribution in [0.1, 0.15) is 25.8 Å². The van der Waals surface area contributed by atoms with Crippen LogP contribution >= 0.6 is 11.3 Å². The van der Waals surface area contributed by atoms with E-state index in [1.807, 2.05) is 17.0 Å². The minimum atomic E-state index is 0.232. The van der Waals surface area contributed by atoms with Gasteiger partial charge in [0.2, 0.25) is 5.91 Å². The lowest BCUT2D eigenvalue weighted by atomic mass is 9.99. The second-order valence-corrected chi connectivity index (χ2v) is 11.1. The van der Waals surface area contributed by atoms with Crippen molar-refractivity contribution in [3.05, 3.63) is 77.7 Å². The fourth-order valence-corrected chi connectivity index (χ4v) is 6.37. The summed E-state index contributed by atoms with van der Waals surface area (Å²) >= 11 is 1.79. The van der Waals surface area contributed by atoms with E-state index in [9.17, 15) is 4.79 Å². The Labute approximate surface area is 216 Å². The van der Waals surface area contributed by atoms with Gasteiger partial charge in [-0.05, 0) is 72.5 Å². The number of pyridine rings is 1. The Hall–Kier alpha value is -3.22. The number of nitrogens with zero attached hydrogens (tertiary/aromatic N) is 4. The van der Waals surface area contributed by atoms with Gasteiger partial charge in [-0.2, -0.15) is 0 Å². The third-order valence-corrected chi connectivity index (χ3v) is 8.60. The predicted octanol–water partition coefficient (Wildman–Crippen LogP) is 5.66. The van der Waals surface area contributed by atoms with Crippen molar-refractivity contribution in [1.29, 1.82) is 0 Å². The molecule has 2 aliphatic heterocycles. The van der Waals surface area contributed by atoms with Crippen LogP contribution in [0.4, 0.5) is 5.82 Å². The molecule has 0 spiro atoms. The average Bonchev–Trinajstić information content (AvgIpc) is 3.38. The normalized spacial score (nSPS) is 21.2. The largest absolute Gasteiger partial charge is 0.351 e. The van der Waals surface area contributed by atoms with E-state index in [2.05, 4.69) is 83.6 Å². The van der Waals surface area contributed by atoms with Gasteiger partial charge in [-0.1, -0.05) is 36.4 Å². The molecule has 1 amide bonds. The van der Waals surface area contributed by atoms with Gasteiger partial charge in [0.1, 0.15) is 5.82 Å². The highest BCUT2D eigenvalue weighted by Gasteiger charge is 2.32. The first-order valence-corrected chi connectivity index (χ1v) is 13.7. The van der Waals surface area contributed by atoms with Crippen molar-refractivity contribution in [3.8, 4) is 0 Å². The van der Waals surface area contributed by atoms with Gasteiger partial charge in [0, 0.05) is 48.3 Å². The molecule has 4 aromatic rings. The van der Waals surface area contributed by atoms with Crippen LogP contribution in [0.25, 0.3) is 26.6 Å². The quantitative estimate of drug-likeness (QED) is 0.365. The fraction of sp³-hybridized carbons (Fsp3) is 0.333. The smallest absolute Gasteiger partial charge is 0.237 e. The summed E-state index contributed by atoms with van der Waals surface area (Å²) in [5.41, 5.74) is 3.67. The zero-order chi connectivity index (χ0) is 24.6. The maximum Gasteiger partial charge on any atom is 0.237 e. The Morgan fingerprint density at radius 1 is 1.00 bits per heavy atom. The topological polar surface area (TPSA) is 39.7 Å². The summed E-state index contributed by atoms with van der Waals surface area (Å²) in [5.74, 6) is 1.25. The van der Waals surface area contributed by atoms with Crippen LogP contribution in [0, 0.1) is 0 Å². The molecule has 1 saturated heterocycles. The SMILES string of the molecule is C[C@@H]1CN(c2ccc3ccccc3n2)[C@@H](C)CN1CC(=O)N1CC=C(c2ccc3ccsc3c2)CC1. The van der Waals surface area contributed by atoms with Crippen molar-refractivity contribution in [1.82, 2.24) is 14.8 Å². The Bertz CT molecular complexity index is 1440. The molecule has 6 heteroatoms. The number of fused-ring (bicyclic) bond motifs is 2. The first-order chi connectivity index (χ1) is 17.5. The lowest BCUT2D eigenvalue weighted by molar-refractivity contribution is -0.132. The molecule has 184 valence electrons. The molecule has 1 fully saturated rings. The molecule has 4 heterocycles. The molecule has 0 radical (unpaired) electrons. The van der Waals surface area contributed by atoms with Gasteiger partial charge in [-0.15, -0.1) is 11.3 Å². The molecule has 36 heavy (non-hydrogen) atoms. The number of aromatic nitrogens is 1. The number of amides is 1. The Morgan fingerprint density at radius 2 is 1.86 bits per heavy atom. The zero-order valence-electron chi connectivity index (χ0n) is 20.9. The van der Waals surface area contributed by atoms with Crippen LogP contribution < -0.4 is 4.90 Å². The number of carbonyl (C=O) groups is 1. The summed E-state index contributed by atoms with van der Waals surface area (Å²) in [5, 5.41) is 4.61. The van der Waals surface area contributed by atoms with Crippen LogP contribution in [-0.2, 0) is 4.79 Å². The fourth-order valence-electron chi connectivity index (χ4n) is 5.54. The average molecular weight is 497 g/mol. The zero-order valence-corrected chi connectivity index (χ0v) is 21.7. The van der Waals surface area contributed by atoms with Gasteiger partial charge in [0.25, 0.3) is 0 Å². The molecule has 0 bridgehead atoms. The van der Waals surface area contributed by atoms with Crippen molar-refractivity contribution in [2.45, 2.75) is 32.4 Å². The number of hydrogen-bond acceptors (Lipinski definition) is 5. The molecule has 2 aromatic heterocycles. The van der Waals surface area contributed by atoms with Gasteiger partial charge in [-0.3, -0.25) is 9.69 Å². The number of anilines is 1. The molecule has 0 aliphatic carbocycles. The minimum absolute atomic E-state index is 0.232. The maximum absolute atomic E-state index is 13.2. The molecule has 6 rings (SSSR count). The first kappa shape index (κ1) is 23.2. The molecule has 0 N–H and O–H groups in total. The monoisotopic (exact) mass is 496 g/mol. The van der Waals surface area contributed by atoms with E-state index >= 15 is 0 Å². The summed E-state index contributed by atoms with van der Waals surface area (Å²) in [6, 6.07) is 22.0. The van der Waals surface area contributed by atoms with E-state index in [0.717, 1.165) is 42.8 Å². The van der Waals surface area contributed by atoms with E-state index in [1.54, 1.807) is 11.3 Å². The van der Waals surface area contributed by atoms with Crippen LogP contribution in [-0.4, -0.2) is 65.5 Å². The van der Waals surface area contributed by atoms with Gasteiger partial charge in [0.05, 0.1) is 12.1 Å². The second-order valence-electron chi connectivity index (χ2n) is 10.1. The highest BCUT2D eigenvalue weighted by atomic mass is 32.1. The molecule has 0 saturated carbocycles. The summed E-state index contributed by atoms with van der Waals surface area (Å²) in [7, 11) is 0. The van der Waals surface area contributed by atoms with Crippen molar-refractivity contribution >= 4 is 49.6 Å². The number of rotatable bonds is 4. The van der Waals surface area contributed by atoms with Crippen LogP contribution in [0.2, 0.25) is 0 Å². The molecule has 2 aliphatic rings. The van der Waals surface area contributed by atoms with Crippen molar-refractivity contribution in [2.24, 2.45) is 0 Å². The number of thiophene rings is 1. The number of carbonyl (C=O) groups excluding carboxylic acids is 1. The van der Waals surface area contributed by atoms with Crippen LogP contribution in [0.3, 0.4) is 0 Å². The molecular formula is C30H32N4OS. The van der Waals surface area contributed by atoms with E-state index in [4.69, 9.17) is 4.98 Å². The minimum Gasteiger partial charge on any atom is -0.351 e. The molecule has 5 nitrogen and oxygen atoms in total. The van der Waals surface area contributed by atoms with E-state index in [-0.39, 0.29) is 11.9 Å². The summed E-state index contributed by atoms with van der Waals surface area (Å²) in [6.45, 7) is 8.16. The second kappa shape index (κ2) is 9.68. The lowest BCUT2D eigenvalue weighted by Crippen LogP contribution is -2.58. The predicted molar refractivity (Wildman–Crippen MR) is 151 cm³/mol. The van der Waals surface area contributed by atoms with Crippen molar-refractivity contribution < 1.29 is 4.79 Å². The van der Waals surface area contributed by atoms with E-state index in [1.165, 1.54) is 21.2 Å². The van der Waals surface area contributed by atoms with Crippen LogP contribution in [0.15, 0.2) is 72.1 Å². The number of hydrogen-bond donors (Lipinski definition) is 0. The van der Waals surface area contributed by atoms with E-state index < -0.39 is 0 Å². The third kappa shape index (κ3) is 4.51. The number of para-hydroxylation sites is 1. The van der Waals surface area contributed by atoms with Crippen molar-refractivity contribution in [2.75, 3.05) is 37.6 Å². The highest BCUT2D eigenvalue weighted by molar-refractivity contribution is 7.17. The number of benzene rings is 2. The third-order valence-electron chi connectivity index (χ3n) is 7.72. The highest BCUT2D eigenvalue weighted by Crippen LogP contribution is 2.29. The number of piperazine rings is 1. The van der Waals surface area contributed by atoms with Gasteiger partial charge in [-0.25, -0.2) is 4.98 Å². The van der Waals surface area contributed by atoms with Gasteiger partial charge >= 0.3 is 0 Å². The van der Waals surface area contributed by atoms with Gasteiger partial charge < -0.3 is 9.80 Å². The van der Waals surface area contributed by atoms with Gasteiger partial charge in [0.15, 0.2) is 0 Å². The molecule has 0 unspecified atom stereocenters. The summed E-state index contributed by atoms with van der Waals surface area (Å²) in [4.78, 5) is 24.9. The Balaban J connectivity index is 1.08. The Kier molecular flexibility index (Phi) is 6.23. The molecular weight excluding hydrogens is 464 g/mol. The summed E-state index contributed by atoms with van der Waals surface area (Å²) < 4.78 is 1.33. The lowest BCUT2D eigenvalue weighted by Gasteiger charge is -2.45. The van der Waals surface area contributed by atoms with E-state index in [0.29, 0.717) is 19.1 Å². The molecule has 2 aromatic carbocycles. The van der Waals surface area contributed by atoms with Crippen LogP contribution in [0.5, 0.6) is 0 Å². The summed E-state index contributed by atoms with van der Waals surface area (Å²) in [6.07, 6.45) is 3.15. The standard InChI is InChI=1S/C30H32N4OS/c1-21-19-34(29-10-9-24-5-3-4-6-27(24)31-29)22(2)18-33(21)20-30(35)32-14-11-23(12-15-32)26-8-7-25-13-16-36-28(25)17-26/h3-11,13,16-17,21-22H,12,14-15,18-20H2,1-2H3/t21-,22+/m1/s1. The molecule has 2 atom stereocenters. The Morgan fingerprint density at radius 3 is 2.72 bits per heavy atom.